The molecular weight excluding hydrogens is 152 g/mol. The number of aliphatic carboxylic acids is 1. The van der Waals surface area contributed by atoms with E-state index >= 15 is 0 Å². The molecule has 1 N–H and O–H groups in total. The van der Waals surface area contributed by atoms with Gasteiger partial charge in [0.15, 0.2) is 0 Å². The summed E-state index contributed by atoms with van der Waals surface area (Å²) in [6.07, 6.45) is 4.83. The minimum atomic E-state index is -0.695. The molecule has 0 fully saturated rings. The lowest BCUT2D eigenvalue weighted by atomic mass is 10.0. The van der Waals surface area contributed by atoms with Crippen LogP contribution < -0.4 is 0 Å². The Bertz CT molecular complexity index is 171. The number of carbonyl (C=O) groups is 1. The highest BCUT2D eigenvalue weighted by atomic mass is 16.4. The topological polar surface area (TPSA) is 37.3 Å². The lowest BCUT2D eigenvalue weighted by Crippen LogP contribution is -2.08. The number of carboxylic acid groups (broad SMARTS) is 1. The van der Waals surface area contributed by atoms with Gasteiger partial charge in [0.25, 0.3) is 0 Å². The van der Waals surface area contributed by atoms with Crippen LogP contribution in [-0.2, 0) is 4.79 Å². The minimum Gasteiger partial charge on any atom is -0.481 e. The molecule has 0 saturated heterocycles. The summed E-state index contributed by atoms with van der Waals surface area (Å²) in [5.41, 5.74) is 1.30. The maximum absolute atomic E-state index is 10.5. The van der Waals surface area contributed by atoms with E-state index in [-0.39, 0.29) is 5.92 Å². The van der Waals surface area contributed by atoms with Gasteiger partial charge in [0.1, 0.15) is 0 Å². The van der Waals surface area contributed by atoms with Gasteiger partial charge in [-0.1, -0.05) is 25.5 Å². The average molecular weight is 170 g/mol. The summed E-state index contributed by atoms with van der Waals surface area (Å²) in [5.74, 6) is -0.912. The zero-order valence-electron chi connectivity index (χ0n) is 8.13. The fourth-order valence-corrected chi connectivity index (χ4v) is 1.02. The fraction of sp³-hybridized carbons (Fsp3) is 0.700. The standard InChI is InChI=1S/C10H18O2/c1-4-5-8(2)6-7-9(3)10(11)12/h5,9H,4,6-7H2,1-3H3,(H,11,12)/b8-5+. The van der Waals surface area contributed by atoms with Crippen LogP contribution >= 0.6 is 0 Å². The molecule has 0 aromatic carbocycles. The quantitative estimate of drug-likeness (QED) is 0.644. The third-order valence-electron chi connectivity index (χ3n) is 1.95. The molecule has 1 unspecified atom stereocenters. The summed E-state index contributed by atoms with van der Waals surface area (Å²) < 4.78 is 0. The van der Waals surface area contributed by atoms with E-state index in [0.717, 1.165) is 19.3 Å². The maximum Gasteiger partial charge on any atom is 0.306 e. The van der Waals surface area contributed by atoms with Crippen LogP contribution in [0.5, 0.6) is 0 Å². The Morgan fingerprint density at radius 2 is 2.17 bits per heavy atom. The van der Waals surface area contributed by atoms with Crippen LogP contribution in [0.3, 0.4) is 0 Å². The van der Waals surface area contributed by atoms with Gasteiger partial charge < -0.3 is 5.11 Å². The molecule has 0 aromatic heterocycles. The van der Waals surface area contributed by atoms with Crippen molar-refractivity contribution < 1.29 is 9.90 Å². The molecule has 2 nitrogen and oxygen atoms in total. The SMILES string of the molecule is CC/C=C(\C)CCC(C)C(=O)O. The summed E-state index contributed by atoms with van der Waals surface area (Å²) in [7, 11) is 0. The first kappa shape index (κ1) is 11.2. The number of rotatable bonds is 5. The predicted molar refractivity (Wildman–Crippen MR) is 50.1 cm³/mol. The average Bonchev–Trinajstić information content (AvgIpc) is 2.00. The Morgan fingerprint density at radius 1 is 1.58 bits per heavy atom. The third-order valence-corrected chi connectivity index (χ3v) is 1.95. The van der Waals surface area contributed by atoms with Crippen LogP contribution in [0.15, 0.2) is 11.6 Å². The van der Waals surface area contributed by atoms with Crippen molar-refractivity contribution in [2.75, 3.05) is 0 Å². The second-order valence-corrected chi connectivity index (χ2v) is 3.24. The molecule has 0 aliphatic heterocycles. The second-order valence-electron chi connectivity index (χ2n) is 3.24. The predicted octanol–water partition coefficient (Wildman–Crippen LogP) is 2.84. The summed E-state index contributed by atoms with van der Waals surface area (Å²) in [4.78, 5) is 10.5. The number of allylic oxidation sites excluding steroid dienone is 2. The van der Waals surface area contributed by atoms with E-state index in [2.05, 4.69) is 19.9 Å². The lowest BCUT2D eigenvalue weighted by Gasteiger charge is -2.05. The Kier molecular flexibility index (Phi) is 5.43. The first-order chi connectivity index (χ1) is 5.57. The van der Waals surface area contributed by atoms with Crippen LogP contribution in [0.2, 0.25) is 0 Å². The van der Waals surface area contributed by atoms with E-state index in [1.165, 1.54) is 5.57 Å². The summed E-state index contributed by atoms with van der Waals surface area (Å²) >= 11 is 0. The van der Waals surface area contributed by atoms with Gasteiger partial charge in [0.05, 0.1) is 5.92 Å². The van der Waals surface area contributed by atoms with Crippen LogP contribution in [0.1, 0.15) is 40.0 Å². The van der Waals surface area contributed by atoms with Gasteiger partial charge in [-0.2, -0.15) is 0 Å². The third kappa shape index (κ3) is 4.94. The van der Waals surface area contributed by atoms with Crippen molar-refractivity contribution in [3.8, 4) is 0 Å². The monoisotopic (exact) mass is 170 g/mol. The molecule has 0 radical (unpaired) electrons. The first-order valence-electron chi connectivity index (χ1n) is 4.46. The molecule has 0 rings (SSSR count). The van der Waals surface area contributed by atoms with Gasteiger partial charge >= 0.3 is 5.97 Å². The molecule has 12 heavy (non-hydrogen) atoms. The van der Waals surface area contributed by atoms with Crippen molar-refractivity contribution in [2.45, 2.75) is 40.0 Å². The van der Waals surface area contributed by atoms with E-state index in [1.807, 2.05) is 0 Å². The fourth-order valence-electron chi connectivity index (χ4n) is 1.02. The van der Waals surface area contributed by atoms with Gasteiger partial charge in [0, 0.05) is 0 Å². The van der Waals surface area contributed by atoms with Crippen LogP contribution in [0.25, 0.3) is 0 Å². The lowest BCUT2D eigenvalue weighted by molar-refractivity contribution is -0.141. The second kappa shape index (κ2) is 5.81. The molecule has 0 heterocycles. The first-order valence-corrected chi connectivity index (χ1v) is 4.46. The molecule has 0 bridgehead atoms. The van der Waals surface area contributed by atoms with E-state index < -0.39 is 5.97 Å². The van der Waals surface area contributed by atoms with Gasteiger partial charge in [0.2, 0.25) is 0 Å². The van der Waals surface area contributed by atoms with E-state index in [9.17, 15) is 4.79 Å². The van der Waals surface area contributed by atoms with Gasteiger partial charge in [-0.25, -0.2) is 0 Å². The smallest absolute Gasteiger partial charge is 0.306 e. The molecule has 1 atom stereocenters. The van der Waals surface area contributed by atoms with Crippen molar-refractivity contribution in [2.24, 2.45) is 5.92 Å². The molecule has 0 saturated carbocycles. The Labute approximate surface area is 74.3 Å². The van der Waals surface area contributed by atoms with Crippen molar-refractivity contribution in [3.05, 3.63) is 11.6 Å². The zero-order chi connectivity index (χ0) is 9.56. The Hall–Kier alpha value is -0.790. The van der Waals surface area contributed by atoms with Gasteiger partial charge in [-0.05, 0) is 26.2 Å². The van der Waals surface area contributed by atoms with Crippen molar-refractivity contribution in [3.63, 3.8) is 0 Å². The summed E-state index contributed by atoms with van der Waals surface area (Å²) in [5, 5.41) is 8.61. The number of hydrogen-bond donors (Lipinski definition) is 1. The summed E-state index contributed by atoms with van der Waals surface area (Å²) in [6, 6.07) is 0. The van der Waals surface area contributed by atoms with E-state index in [4.69, 9.17) is 5.11 Å². The maximum atomic E-state index is 10.5. The molecular formula is C10H18O2. The number of carboxylic acids is 1. The van der Waals surface area contributed by atoms with Crippen molar-refractivity contribution in [1.82, 2.24) is 0 Å². The van der Waals surface area contributed by atoms with Crippen LogP contribution in [-0.4, -0.2) is 11.1 Å². The number of hydrogen-bond acceptors (Lipinski definition) is 1. The molecule has 0 aliphatic rings. The minimum absolute atomic E-state index is 0.217. The molecule has 0 amide bonds. The zero-order valence-corrected chi connectivity index (χ0v) is 8.13. The Morgan fingerprint density at radius 3 is 2.58 bits per heavy atom. The van der Waals surface area contributed by atoms with Crippen molar-refractivity contribution >= 4 is 5.97 Å². The summed E-state index contributed by atoms with van der Waals surface area (Å²) in [6.45, 7) is 5.89. The van der Waals surface area contributed by atoms with Crippen LogP contribution in [0.4, 0.5) is 0 Å². The van der Waals surface area contributed by atoms with Crippen LogP contribution in [0, 0.1) is 5.92 Å². The molecule has 0 spiro atoms. The highest BCUT2D eigenvalue weighted by molar-refractivity contribution is 5.69. The highest BCUT2D eigenvalue weighted by Gasteiger charge is 2.09. The normalized spacial score (nSPS) is 14.4. The largest absolute Gasteiger partial charge is 0.481 e. The van der Waals surface area contributed by atoms with Gasteiger partial charge in [-0.15, -0.1) is 0 Å². The van der Waals surface area contributed by atoms with Crippen molar-refractivity contribution in [1.29, 1.82) is 0 Å². The van der Waals surface area contributed by atoms with E-state index in [0.29, 0.717) is 0 Å². The molecule has 0 aromatic rings. The van der Waals surface area contributed by atoms with E-state index in [1.54, 1.807) is 6.92 Å². The molecule has 2 heteroatoms. The Balaban J connectivity index is 3.68. The van der Waals surface area contributed by atoms with Gasteiger partial charge in [-0.3, -0.25) is 4.79 Å². The molecule has 70 valence electrons. The highest BCUT2D eigenvalue weighted by Crippen LogP contribution is 2.11. The molecule has 0 aliphatic carbocycles.